The number of amidine groups is 1. The van der Waals surface area contributed by atoms with Crippen LogP contribution in [-0.2, 0) is 0 Å². The van der Waals surface area contributed by atoms with Crippen molar-refractivity contribution in [3.05, 3.63) is 75.8 Å². The zero-order valence-corrected chi connectivity index (χ0v) is 14.7. The summed E-state index contributed by atoms with van der Waals surface area (Å²) in [6.45, 7) is 0.277. The summed E-state index contributed by atoms with van der Waals surface area (Å²) in [5, 5.41) is 22.0. The molecule has 4 nitrogen and oxygen atoms in total. The summed E-state index contributed by atoms with van der Waals surface area (Å²) in [6, 6.07) is 17.1. The predicted octanol–water partition coefficient (Wildman–Crippen LogP) is 5.23. The van der Waals surface area contributed by atoms with E-state index in [-0.39, 0.29) is 18.1 Å². The predicted molar refractivity (Wildman–Crippen MR) is 104 cm³/mol. The zero-order valence-electron chi connectivity index (χ0n) is 13.1. The van der Waals surface area contributed by atoms with Gasteiger partial charge in [-0.05, 0) is 18.2 Å². The van der Waals surface area contributed by atoms with Crippen LogP contribution in [0.5, 0.6) is 0 Å². The molecule has 0 atom stereocenters. The Hall–Kier alpha value is -2.63. The Balaban J connectivity index is 1.68. The van der Waals surface area contributed by atoms with Gasteiger partial charge in [0.1, 0.15) is 16.6 Å². The molecule has 6 heteroatoms. The smallest absolute Gasteiger partial charge is 0.139 e. The lowest BCUT2D eigenvalue weighted by Crippen LogP contribution is -2.25. The highest BCUT2D eigenvalue weighted by atomic mass is 35.5. The second-order valence-corrected chi connectivity index (χ2v) is 6.88. The van der Waals surface area contributed by atoms with Crippen LogP contribution in [0.3, 0.4) is 0 Å². The van der Waals surface area contributed by atoms with Gasteiger partial charge in [-0.15, -0.1) is 11.3 Å². The first-order chi connectivity index (χ1) is 12.1. The van der Waals surface area contributed by atoms with Crippen molar-refractivity contribution in [3.8, 4) is 11.3 Å². The van der Waals surface area contributed by atoms with Gasteiger partial charge in [0.25, 0.3) is 0 Å². The molecule has 3 aromatic rings. The molecule has 1 aromatic heterocycles. The van der Waals surface area contributed by atoms with Gasteiger partial charge in [0.15, 0.2) is 0 Å². The molecule has 25 heavy (non-hydrogen) atoms. The summed E-state index contributed by atoms with van der Waals surface area (Å²) in [5.74, 6) is 0.415. The maximum absolute atomic E-state index is 10.4. The minimum Gasteiger partial charge on any atom is -0.510 e. The van der Waals surface area contributed by atoms with Crippen molar-refractivity contribution in [1.82, 2.24) is 4.98 Å². The minimum absolute atomic E-state index is 0.161. The van der Waals surface area contributed by atoms with Crippen molar-refractivity contribution in [3.63, 3.8) is 0 Å². The van der Waals surface area contributed by atoms with Crippen LogP contribution in [0.4, 0.5) is 5.69 Å². The highest BCUT2D eigenvalue weighted by Gasteiger charge is 2.31. The molecule has 0 amide bonds. The van der Waals surface area contributed by atoms with E-state index < -0.39 is 0 Å². The normalized spacial score (nSPS) is 14.4. The van der Waals surface area contributed by atoms with Crippen LogP contribution in [0.2, 0.25) is 5.02 Å². The van der Waals surface area contributed by atoms with Crippen LogP contribution in [0.1, 0.15) is 5.01 Å². The molecule has 0 radical (unpaired) electrons. The van der Waals surface area contributed by atoms with Crippen LogP contribution in [-0.4, -0.2) is 22.5 Å². The van der Waals surface area contributed by atoms with E-state index >= 15 is 0 Å². The van der Waals surface area contributed by atoms with Crippen LogP contribution in [0.25, 0.3) is 16.8 Å². The van der Waals surface area contributed by atoms with Gasteiger partial charge in [0.05, 0.1) is 17.8 Å². The number of nitrogens with one attached hydrogen (secondary N) is 1. The third-order valence-electron chi connectivity index (χ3n) is 4.04. The number of anilines is 1. The number of para-hydroxylation sites is 1. The molecule has 2 heterocycles. The first-order valence-electron chi connectivity index (χ1n) is 7.69. The van der Waals surface area contributed by atoms with Gasteiger partial charge in [-0.2, -0.15) is 0 Å². The lowest BCUT2D eigenvalue weighted by atomic mass is 10.2. The maximum Gasteiger partial charge on any atom is 0.139 e. The Morgan fingerprint density at radius 1 is 1.08 bits per heavy atom. The number of thiazole rings is 1. The summed E-state index contributed by atoms with van der Waals surface area (Å²) in [6.07, 6.45) is 0. The highest BCUT2D eigenvalue weighted by molar-refractivity contribution is 7.11. The fourth-order valence-electron chi connectivity index (χ4n) is 2.81. The third kappa shape index (κ3) is 2.81. The summed E-state index contributed by atoms with van der Waals surface area (Å²) in [4.78, 5) is 6.37. The van der Waals surface area contributed by atoms with Gasteiger partial charge >= 0.3 is 0 Å². The average molecular weight is 368 g/mol. The molecule has 1 aliphatic heterocycles. The molecule has 0 unspecified atom stereocenters. The van der Waals surface area contributed by atoms with Crippen LogP contribution >= 0.6 is 22.9 Å². The number of nitrogens with zero attached hydrogens (tertiary/aromatic N) is 2. The Morgan fingerprint density at radius 3 is 2.56 bits per heavy atom. The van der Waals surface area contributed by atoms with E-state index in [9.17, 15) is 5.11 Å². The molecule has 124 valence electrons. The molecule has 2 aromatic carbocycles. The first kappa shape index (κ1) is 15.9. The number of aromatic nitrogens is 1. The number of halogens is 1. The lowest BCUT2D eigenvalue weighted by Gasteiger charge is -2.18. The van der Waals surface area contributed by atoms with Crippen molar-refractivity contribution < 1.29 is 5.11 Å². The molecule has 0 bridgehead atoms. The molecule has 0 saturated heterocycles. The number of aliphatic hydroxyl groups is 1. The maximum atomic E-state index is 10.4. The molecule has 0 fully saturated rings. The number of hydrogen-bond donors (Lipinski definition) is 2. The van der Waals surface area contributed by atoms with E-state index in [4.69, 9.17) is 17.0 Å². The van der Waals surface area contributed by atoms with Crippen molar-refractivity contribution in [1.29, 1.82) is 5.41 Å². The number of benzene rings is 2. The van der Waals surface area contributed by atoms with Crippen molar-refractivity contribution >= 4 is 40.0 Å². The number of hydrogen-bond acceptors (Lipinski definition) is 4. The fourth-order valence-corrected chi connectivity index (χ4v) is 3.93. The average Bonchev–Trinajstić information content (AvgIpc) is 3.20. The molecule has 0 aliphatic carbocycles. The molecular formula is C19H14ClN3OS. The standard InChI is InChI=1S/C19H14ClN3OS/c20-14-9-5-4-8-13(14)15-11-25-19(22-15)17-16(24)10-23(18(17)21)12-6-2-1-3-7-12/h1-9,11,21,24H,10H2. The van der Waals surface area contributed by atoms with Gasteiger partial charge in [0, 0.05) is 21.7 Å². The van der Waals surface area contributed by atoms with Gasteiger partial charge in [-0.25, -0.2) is 4.98 Å². The van der Waals surface area contributed by atoms with Crippen molar-refractivity contribution in [2.75, 3.05) is 11.4 Å². The van der Waals surface area contributed by atoms with Crippen LogP contribution in [0.15, 0.2) is 65.7 Å². The summed E-state index contributed by atoms with van der Waals surface area (Å²) < 4.78 is 0. The van der Waals surface area contributed by atoms with E-state index in [0.717, 1.165) is 16.9 Å². The second kappa shape index (κ2) is 6.35. The van der Waals surface area contributed by atoms with Gasteiger partial charge in [-0.1, -0.05) is 48.0 Å². The number of rotatable bonds is 3. The fraction of sp³-hybridized carbons (Fsp3) is 0.0526. The van der Waals surface area contributed by atoms with Crippen LogP contribution in [0, 0.1) is 5.41 Å². The van der Waals surface area contributed by atoms with Crippen molar-refractivity contribution in [2.24, 2.45) is 0 Å². The third-order valence-corrected chi connectivity index (χ3v) is 5.23. The highest BCUT2D eigenvalue weighted by Crippen LogP contribution is 2.35. The Kier molecular flexibility index (Phi) is 4.03. The SMILES string of the molecule is N=C1C(c2nc(-c3ccccc3Cl)cs2)=C(O)CN1c1ccccc1. The Labute approximate surface area is 154 Å². The second-order valence-electron chi connectivity index (χ2n) is 5.61. The van der Waals surface area contributed by atoms with E-state index in [1.165, 1.54) is 11.3 Å². The molecule has 0 saturated carbocycles. The largest absolute Gasteiger partial charge is 0.510 e. The van der Waals surface area contributed by atoms with E-state index in [1.54, 1.807) is 4.90 Å². The lowest BCUT2D eigenvalue weighted by molar-refractivity contribution is 0.411. The van der Waals surface area contributed by atoms with Crippen LogP contribution < -0.4 is 4.90 Å². The summed E-state index contributed by atoms with van der Waals surface area (Å²) in [7, 11) is 0. The van der Waals surface area contributed by atoms with Gasteiger partial charge in [-0.3, -0.25) is 5.41 Å². The molecule has 1 aliphatic rings. The minimum atomic E-state index is 0.161. The quantitative estimate of drug-likeness (QED) is 0.666. The van der Waals surface area contributed by atoms with Gasteiger partial charge < -0.3 is 10.0 Å². The molecule has 2 N–H and O–H groups in total. The Bertz CT molecular complexity index is 981. The zero-order chi connectivity index (χ0) is 17.4. The molecule has 4 rings (SSSR count). The van der Waals surface area contributed by atoms with E-state index in [0.29, 0.717) is 15.6 Å². The topological polar surface area (TPSA) is 60.2 Å². The number of aliphatic hydroxyl groups excluding tert-OH is 1. The monoisotopic (exact) mass is 367 g/mol. The Morgan fingerprint density at radius 2 is 1.80 bits per heavy atom. The van der Waals surface area contributed by atoms with Gasteiger partial charge in [0.2, 0.25) is 0 Å². The van der Waals surface area contributed by atoms with E-state index in [2.05, 4.69) is 4.98 Å². The first-order valence-corrected chi connectivity index (χ1v) is 8.95. The van der Waals surface area contributed by atoms with Crippen molar-refractivity contribution in [2.45, 2.75) is 0 Å². The molecule has 0 spiro atoms. The molecular weight excluding hydrogens is 354 g/mol. The van der Waals surface area contributed by atoms with E-state index in [1.807, 2.05) is 60.0 Å². The summed E-state index contributed by atoms with van der Waals surface area (Å²) in [5.41, 5.74) is 2.94. The summed E-state index contributed by atoms with van der Waals surface area (Å²) >= 11 is 7.64.